The normalized spacial score (nSPS) is 12.8. The first kappa shape index (κ1) is 13.8. The van der Waals surface area contributed by atoms with E-state index in [1.54, 1.807) is 11.3 Å². The summed E-state index contributed by atoms with van der Waals surface area (Å²) in [5.41, 5.74) is 0. The van der Waals surface area contributed by atoms with E-state index < -0.39 is 0 Å². The molecule has 0 aliphatic rings. The highest BCUT2D eigenvalue weighted by molar-refractivity contribution is 9.10. The molecule has 0 saturated carbocycles. The standard InChI is InChI=1S/C13H18BrN3S/c1-3-6-17-7-5-16-13(17)12(15-4-2)11-8-10(14)9-18-11/h5,7-9,12,15H,3-4,6H2,1-2H3. The molecule has 98 valence electrons. The van der Waals surface area contributed by atoms with Gasteiger partial charge in [0.15, 0.2) is 0 Å². The molecule has 0 aromatic carbocycles. The molecule has 0 radical (unpaired) electrons. The van der Waals surface area contributed by atoms with Crippen molar-refractivity contribution in [3.05, 3.63) is 39.0 Å². The van der Waals surface area contributed by atoms with Gasteiger partial charge in [0, 0.05) is 33.7 Å². The summed E-state index contributed by atoms with van der Waals surface area (Å²) in [4.78, 5) is 5.83. The summed E-state index contributed by atoms with van der Waals surface area (Å²) >= 11 is 5.28. The van der Waals surface area contributed by atoms with Crippen LogP contribution in [0.3, 0.4) is 0 Å². The van der Waals surface area contributed by atoms with E-state index in [1.807, 2.05) is 6.20 Å². The first-order valence-electron chi connectivity index (χ1n) is 6.24. The maximum atomic E-state index is 4.53. The fourth-order valence-corrected chi connectivity index (χ4v) is 3.53. The zero-order chi connectivity index (χ0) is 13.0. The van der Waals surface area contributed by atoms with E-state index in [0.717, 1.165) is 29.8 Å². The molecule has 1 atom stereocenters. The van der Waals surface area contributed by atoms with Gasteiger partial charge in [0.25, 0.3) is 0 Å². The number of nitrogens with zero attached hydrogens (tertiary/aromatic N) is 2. The van der Waals surface area contributed by atoms with E-state index in [2.05, 4.69) is 62.3 Å². The van der Waals surface area contributed by atoms with Gasteiger partial charge in [-0.1, -0.05) is 13.8 Å². The van der Waals surface area contributed by atoms with Crippen LogP contribution < -0.4 is 5.32 Å². The molecule has 1 N–H and O–H groups in total. The predicted molar refractivity (Wildman–Crippen MR) is 80.1 cm³/mol. The second-order valence-corrected chi connectivity index (χ2v) is 6.00. The highest BCUT2D eigenvalue weighted by Crippen LogP contribution is 2.29. The van der Waals surface area contributed by atoms with E-state index in [1.165, 1.54) is 4.88 Å². The molecule has 0 saturated heterocycles. The van der Waals surface area contributed by atoms with Gasteiger partial charge in [-0.2, -0.15) is 0 Å². The van der Waals surface area contributed by atoms with E-state index >= 15 is 0 Å². The number of hydrogen-bond donors (Lipinski definition) is 1. The number of aryl methyl sites for hydroxylation is 1. The molecule has 2 rings (SSSR count). The molecule has 0 fully saturated rings. The minimum atomic E-state index is 0.188. The van der Waals surface area contributed by atoms with E-state index in [-0.39, 0.29) is 6.04 Å². The van der Waals surface area contributed by atoms with Gasteiger partial charge in [-0.05, 0) is 35.0 Å². The van der Waals surface area contributed by atoms with Gasteiger partial charge in [-0.25, -0.2) is 4.98 Å². The molecule has 2 aromatic rings. The molecule has 2 heterocycles. The summed E-state index contributed by atoms with van der Waals surface area (Å²) in [6.45, 7) is 6.26. The van der Waals surface area contributed by atoms with Crippen molar-refractivity contribution in [2.75, 3.05) is 6.54 Å². The predicted octanol–water partition coefficient (Wildman–Crippen LogP) is 3.82. The Kier molecular flexibility index (Phi) is 4.97. The van der Waals surface area contributed by atoms with Crippen LogP contribution >= 0.6 is 27.3 Å². The average Bonchev–Trinajstić information content (AvgIpc) is 2.96. The number of imidazole rings is 1. The van der Waals surface area contributed by atoms with Gasteiger partial charge in [0.2, 0.25) is 0 Å². The lowest BCUT2D eigenvalue weighted by molar-refractivity contribution is 0.549. The van der Waals surface area contributed by atoms with Gasteiger partial charge in [0.1, 0.15) is 11.9 Å². The summed E-state index contributed by atoms with van der Waals surface area (Å²) in [5.74, 6) is 1.10. The zero-order valence-corrected chi connectivity index (χ0v) is 13.1. The Balaban J connectivity index is 2.31. The van der Waals surface area contributed by atoms with Crippen molar-refractivity contribution in [3.63, 3.8) is 0 Å². The summed E-state index contributed by atoms with van der Waals surface area (Å²) in [6.07, 6.45) is 5.07. The number of halogens is 1. The maximum Gasteiger partial charge on any atom is 0.131 e. The molecule has 18 heavy (non-hydrogen) atoms. The van der Waals surface area contributed by atoms with E-state index in [0.29, 0.717) is 0 Å². The third-order valence-corrected chi connectivity index (χ3v) is 4.51. The quantitative estimate of drug-likeness (QED) is 0.874. The van der Waals surface area contributed by atoms with Crippen molar-refractivity contribution < 1.29 is 0 Å². The molecular weight excluding hydrogens is 310 g/mol. The second kappa shape index (κ2) is 6.50. The first-order valence-corrected chi connectivity index (χ1v) is 7.91. The van der Waals surface area contributed by atoms with Crippen molar-refractivity contribution >= 4 is 27.3 Å². The van der Waals surface area contributed by atoms with Crippen molar-refractivity contribution in [2.24, 2.45) is 0 Å². The number of rotatable bonds is 6. The van der Waals surface area contributed by atoms with Crippen LogP contribution in [0.1, 0.15) is 37.0 Å². The van der Waals surface area contributed by atoms with Gasteiger partial charge < -0.3 is 9.88 Å². The third-order valence-electron chi connectivity index (χ3n) is 2.75. The Hall–Kier alpha value is -0.650. The van der Waals surface area contributed by atoms with Crippen molar-refractivity contribution in [3.8, 4) is 0 Å². The summed E-state index contributed by atoms with van der Waals surface area (Å²) in [5, 5.41) is 5.64. The fraction of sp³-hybridized carbons (Fsp3) is 0.462. The lowest BCUT2D eigenvalue weighted by Gasteiger charge is -2.17. The number of hydrogen-bond acceptors (Lipinski definition) is 3. The molecule has 5 heteroatoms. The molecule has 3 nitrogen and oxygen atoms in total. The number of aromatic nitrogens is 2. The number of thiophene rings is 1. The highest BCUT2D eigenvalue weighted by Gasteiger charge is 2.19. The van der Waals surface area contributed by atoms with Crippen LogP contribution in [0, 0.1) is 0 Å². The monoisotopic (exact) mass is 327 g/mol. The Morgan fingerprint density at radius 2 is 2.33 bits per heavy atom. The third kappa shape index (κ3) is 3.02. The molecule has 2 aromatic heterocycles. The van der Waals surface area contributed by atoms with Crippen molar-refractivity contribution in [1.82, 2.24) is 14.9 Å². The average molecular weight is 328 g/mol. The lowest BCUT2D eigenvalue weighted by Crippen LogP contribution is -2.24. The summed E-state index contributed by atoms with van der Waals surface area (Å²) < 4.78 is 3.38. The summed E-state index contributed by atoms with van der Waals surface area (Å²) in [7, 11) is 0. The topological polar surface area (TPSA) is 29.9 Å². The minimum Gasteiger partial charge on any atom is -0.333 e. The Bertz CT molecular complexity index is 492. The number of nitrogens with one attached hydrogen (secondary N) is 1. The molecule has 1 unspecified atom stereocenters. The molecular formula is C13H18BrN3S. The van der Waals surface area contributed by atoms with Gasteiger partial charge in [0.05, 0.1) is 0 Å². The van der Waals surface area contributed by atoms with Crippen LogP contribution in [-0.4, -0.2) is 16.1 Å². The molecule has 0 aliphatic carbocycles. The molecule has 0 aliphatic heterocycles. The van der Waals surface area contributed by atoms with Gasteiger partial charge in [-0.15, -0.1) is 11.3 Å². The Labute approximate surface area is 120 Å². The molecule has 0 spiro atoms. The zero-order valence-electron chi connectivity index (χ0n) is 10.7. The molecule has 0 bridgehead atoms. The van der Waals surface area contributed by atoms with Crippen LogP contribution in [-0.2, 0) is 6.54 Å². The largest absolute Gasteiger partial charge is 0.333 e. The summed E-state index contributed by atoms with van der Waals surface area (Å²) in [6, 6.07) is 2.36. The van der Waals surface area contributed by atoms with E-state index in [4.69, 9.17) is 0 Å². The smallest absolute Gasteiger partial charge is 0.131 e. The van der Waals surface area contributed by atoms with E-state index in [9.17, 15) is 0 Å². The Morgan fingerprint density at radius 3 is 2.94 bits per heavy atom. The SMILES string of the molecule is CCCn1ccnc1C(NCC)c1cc(Br)cs1. The fourth-order valence-electron chi connectivity index (χ4n) is 2.01. The maximum absolute atomic E-state index is 4.53. The van der Waals surface area contributed by atoms with Crippen LogP contribution in [0.2, 0.25) is 0 Å². The van der Waals surface area contributed by atoms with Crippen molar-refractivity contribution in [1.29, 1.82) is 0 Å². The van der Waals surface area contributed by atoms with Crippen LogP contribution in [0.4, 0.5) is 0 Å². The molecule has 0 amide bonds. The van der Waals surface area contributed by atoms with Crippen molar-refractivity contribution in [2.45, 2.75) is 32.9 Å². The van der Waals surface area contributed by atoms with Crippen LogP contribution in [0.25, 0.3) is 0 Å². The lowest BCUT2D eigenvalue weighted by atomic mass is 10.2. The first-order chi connectivity index (χ1) is 8.76. The minimum absolute atomic E-state index is 0.188. The Morgan fingerprint density at radius 1 is 1.50 bits per heavy atom. The van der Waals surface area contributed by atoms with Gasteiger partial charge >= 0.3 is 0 Å². The highest BCUT2D eigenvalue weighted by atomic mass is 79.9. The second-order valence-electron chi connectivity index (χ2n) is 4.14. The van der Waals surface area contributed by atoms with Gasteiger partial charge in [-0.3, -0.25) is 0 Å². The van der Waals surface area contributed by atoms with Crippen LogP contribution in [0.15, 0.2) is 28.3 Å². The van der Waals surface area contributed by atoms with Crippen LogP contribution in [0.5, 0.6) is 0 Å².